The highest BCUT2D eigenvalue weighted by Gasteiger charge is 2.05. The molecular weight excluding hydrogens is 268 g/mol. The van der Waals surface area contributed by atoms with Gasteiger partial charge in [-0.05, 0) is 36.4 Å². The van der Waals surface area contributed by atoms with Crippen LogP contribution in [0, 0.1) is 0 Å². The van der Waals surface area contributed by atoms with Gasteiger partial charge < -0.3 is 21.1 Å². The fourth-order valence-corrected chi connectivity index (χ4v) is 1.74. The third kappa shape index (κ3) is 4.19. The Morgan fingerprint density at radius 2 is 2.00 bits per heavy atom. The van der Waals surface area contributed by atoms with Crippen molar-refractivity contribution in [2.75, 3.05) is 25.5 Å². The van der Waals surface area contributed by atoms with Crippen molar-refractivity contribution in [3.05, 3.63) is 48.3 Å². The maximum atomic E-state index is 11.5. The molecule has 6 heteroatoms. The lowest BCUT2D eigenvalue weighted by Crippen LogP contribution is -2.19. The van der Waals surface area contributed by atoms with Gasteiger partial charge in [0.1, 0.15) is 18.1 Å². The van der Waals surface area contributed by atoms with Crippen molar-refractivity contribution in [1.29, 1.82) is 0 Å². The Morgan fingerprint density at radius 1 is 1.24 bits per heavy atom. The molecule has 110 valence electrons. The number of hydrogen-bond acceptors (Lipinski definition) is 5. The Bertz CT molecular complexity index is 599. The minimum absolute atomic E-state index is 0.218. The van der Waals surface area contributed by atoms with E-state index >= 15 is 0 Å². The third-order valence-corrected chi connectivity index (χ3v) is 2.75. The fourth-order valence-electron chi connectivity index (χ4n) is 1.74. The van der Waals surface area contributed by atoms with E-state index in [4.69, 9.17) is 10.5 Å². The van der Waals surface area contributed by atoms with Gasteiger partial charge in [-0.2, -0.15) is 0 Å². The van der Waals surface area contributed by atoms with Crippen LogP contribution in [-0.2, 0) is 0 Å². The van der Waals surface area contributed by atoms with Gasteiger partial charge >= 0.3 is 0 Å². The summed E-state index contributed by atoms with van der Waals surface area (Å²) in [4.78, 5) is 15.6. The van der Waals surface area contributed by atoms with Crippen LogP contribution >= 0.6 is 0 Å². The number of carbonyl (C=O) groups excluding carboxylic acids is 1. The number of pyridine rings is 1. The van der Waals surface area contributed by atoms with Gasteiger partial charge in [0.15, 0.2) is 0 Å². The Balaban J connectivity index is 2.06. The van der Waals surface area contributed by atoms with E-state index in [2.05, 4.69) is 15.6 Å². The number of aromatic nitrogens is 1. The van der Waals surface area contributed by atoms with Gasteiger partial charge in [-0.1, -0.05) is 0 Å². The second-order valence-corrected chi connectivity index (χ2v) is 4.30. The van der Waals surface area contributed by atoms with Crippen molar-refractivity contribution in [3.8, 4) is 5.75 Å². The number of anilines is 2. The molecule has 2 rings (SSSR count). The van der Waals surface area contributed by atoms with E-state index in [1.807, 2.05) is 24.3 Å². The summed E-state index contributed by atoms with van der Waals surface area (Å²) in [5.74, 6) is 0.552. The van der Waals surface area contributed by atoms with Crippen LogP contribution in [0.2, 0.25) is 0 Å². The second-order valence-electron chi connectivity index (χ2n) is 4.30. The smallest absolute Gasteiger partial charge is 0.269 e. The molecule has 6 nitrogen and oxygen atoms in total. The van der Waals surface area contributed by atoms with Crippen molar-refractivity contribution >= 4 is 17.3 Å². The summed E-state index contributed by atoms with van der Waals surface area (Å²) >= 11 is 0. The number of carbonyl (C=O) groups is 1. The quantitative estimate of drug-likeness (QED) is 0.749. The molecule has 0 aliphatic heterocycles. The lowest BCUT2D eigenvalue weighted by Gasteiger charge is -2.09. The van der Waals surface area contributed by atoms with Gasteiger partial charge in [-0.15, -0.1) is 0 Å². The molecule has 4 N–H and O–H groups in total. The van der Waals surface area contributed by atoms with Gasteiger partial charge in [-0.3, -0.25) is 9.78 Å². The van der Waals surface area contributed by atoms with E-state index in [1.165, 1.54) is 0 Å². The van der Waals surface area contributed by atoms with E-state index in [-0.39, 0.29) is 5.91 Å². The first-order valence-electron chi connectivity index (χ1n) is 6.61. The SMILES string of the molecule is CNC(=O)c1cc(Nc2ccc(OCCN)cc2)ccn1. The number of amides is 1. The van der Waals surface area contributed by atoms with Gasteiger partial charge in [-0.25, -0.2) is 0 Å². The van der Waals surface area contributed by atoms with Crippen LogP contribution in [0.1, 0.15) is 10.5 Å². The zero-order chi connectivity index (χ0) is 15.1. The first kappa shape index (κ1) is 14.8. The molecule has 1 aromatic heterocycles. The molecule has 0 atom stereocenters. The molecule has 0 saturated carbocycles. The molecule has 0 radical (unpaired) electrons. The third-order valence-electron chi connectivity index (χ3n) is 2.75. The van der Waals surface area contributed by atoms with Crippen molar-refractivity contribution < 1.29 is 9.53 Å². The minimum atomic E-state index is -0.218. The van der Waals surface area contributed by atoms with Crippen LogP contribution in [0.25, 0.3) is 0 Å². The molecule has 21 heavy (non-hydrogen) atoms. The molecular formula is C15H18N4O2. The van der Waals surface area contributed by atoms with Crippen LogP contribution in [0.4, 0.5) is 11.4 Å². The first-order chi connectivity index (χ1) is 10.2. The van der Waals surface area contributed by atoms with Crippen molar-refractivity contribution in [3.63, 3.8) is 0 Å². The van der Waals surface area contributed by atoms with Gasteiger partial charge in [0, 0.05) is 31.2 Å². The summed E-state index contributed by atoms with van der Waals surface area (Å²) in [6, 6.07) is 11.0. The Morgan fingerprint density at radius 3 is 2.67 bits per heavy atom. The number of nitrogens with two attached hydrogens (primary N) is 1. The van der Waals surface area contributed by atoms with Crippen LogP contribution in [0.3, 0.4) is 0 Å². The van der Waals surface area contributed by atoms with E-state index in [0.29, 0.717) is 18.8 Å². The van der Waals surface area contributed by atoms with E-state index in [1.54, 1.807) is 25.4 Å². The van der Waals surface area contributed by atoms with Crippen LogP contribution in [0.5, 0.6) is 5.75 Å². The second kappa shape index (κ2) is 7.25. The molecule has 0 spiro atoms. The zero-order valence-electron chi connectivity index (χ0n) is 11.8. The molecule has 0 unspecified atom stereocenters. The van der Waals surface area contributed by atoms with Gasteiger partial charge in [0.2, 0.25) is 0 Å². The summed E-state index contributed by atoms with van der Waals surface area (Å²) in [6.45, 7) is 0.978. The molecule has 0 aliphatic carbocycles. The fraction of sp³-hybridized carbons (Fsp3) is 0.200. The highest BCUT2D eigenvalue weighted by molar-refractivity contribution is 5.93. The maximum Gasteiger partial charge on any atom is 0.269 e. The number of benzene rings is 1. The molecule has 0 saturated heterocycles. The molecule has 0 fully saturated rings. The first-order valence-corrected chi connectivity index (χ1v) is 6.61. The van der Waals surface area contributed by atoms with Gasteiger partial charge in [0.25, 0.3) is 5.91 Å². The van der Waals surface area contributed by atoms with Crippen molar-refractivity contribution in [2.24, 2.45) is 5.73 Å². The Hall–Kier alpha value is -2.60. The van der Waals surface area contributed by atoms with Crippen LogP contribution in [0.15, 0.2) is 42.6 Å². The average Bonchev–Trinajstić information content (AvgIpc) is 2.53. The molecule has 1 aromatic carbocycles. The molecule has 0 aliphatic rings. The van der Waals surface area contributed by atoms with Crippen LogP contribution < -0.4 is 21.1 Å². The van der Waals surface area contributed by atoms with E-state index in [0.717, 1.165) is 17.1 Å². The van der Waals surface area contributed by atoms with Gasteiger partial charge in [0.05, 0.1) is 0 Å². The van der Waals surface area contributed by atoms with E-state index in [9.17, 15) is 4.79 Å². The lowest BCUT2D eigenvalue weighted by atomic mass is 10.2. The zero-order valence-corrected chi connectivity index (χ0v) is 11.8. The number of rotatable bonds is 6. The highest BCUT2D eigenvalue weighted by atomic mass is 16.5. The molecule has 1 heterocycles. The number of nitrogens with zero attached hydrogens (tertiary/aromatic N) is 1. The Kier molecular flexibility index (Phi) is 5.11. The average molecular weight is 286 g/mol. The number of ether oxygens (including phenoxy) is 1. The summed E-state index contributed by atoms with van der Waals surface area (Å²) in [5, 5.41) is 5.75. The Labute approximate surface area is 123 Å². The summed E-state index contributed by atoms with van der Waals surface area (Å²) in [6.07, 6.45) is 1.59. The topological polar surface area (TPSA) is 89.3 Å². The maximum absolute atomic E-state index is 11.5. The molecule has 1 amide bonds. The lowest BCUT2D eigenvalue weighted by molar-refractivity contribution is 0.0958. The van der Waals surface area contributed by atoms with Crippen molar-refractivity contribution in [1.82, 2.24) is 10.3 Å². The van der Waals surface area contributed by atoms with Crippen LogP contribution in [-0.4, -0.2) is 31.1 Å². The largest absolute Gasteiger partial charge is 0.492 e. The molecule has 0 bridgehead atoms. The normalized spacial score (nSPS) is 10.0. The summed E-state index contributed by atoms with van der Waals surface area (Å²) in [7, 11) is 1.57. The van der Waals surface area contributed by atoms with E-state index < -0.39 is 0 Å². The highest BCUT2D eigenvalue weighted by Crippen LogP contribution is 2.20. The molecule has 2 aromatic rings. The predicted molar refractivity (Wildman–Crippen MR) is 81.9 cm³/mol. The predicted octanol–water partition coefficient (Wildman–Crippen LogP) is 1.52. The standard InChI is InChI=1S/C15H18N4O2/c1-17-15(20)14-10-12(6-8-18-14)19-11-2-4-13(5-3-11)21-9-7-16/h2-6,8,10H,7,9,16H2,1H3,(H,17,20)(H,18,19). The summed E-state index contributed by atoms with van der Waals surface area (Å²) in [5.41, 5.74) is 7.43. The number of nitrogens with one attached hydrogen (secondary N) is 2. The van der Waals surface area contributed by atoms with Crippen molar-refractivity contribution in [2.45, 2.75) is 0 Å². The minimum Gasteiger partial charge on any atom is -0.492 e. The summed E-state index contributed by atoms with van der Waals surface area (Å²) < 4.78 is 5.41. The number of hydrogen-bond donors (Lipinski definition) is 3. The monoisotopic (exact) mass is 286 g/mol.